The van der Waals surface area contributed by atoms with E-state index < -0.39 is 17.6 Å². The van der Waals surface area contributed by atoms with Crippen LogP contribution in [0, 0.1) is 0 Å². The first-order chi connectivity index (χ1) is 12.7. The van der Waals surface area contributed by atoms with Crippen LogP contribution in [0.25, 0.3) is 0 Å². The second-order valence-corrected chi connectivity index (χ2v) is 6.22. The van der Waals surface area contributed by atoms with Crippen LogP contribution in [0.2, 0.25) is 5.02 Å². The van der Waals surface area contributed by atoms with Gasteiger partial charge in [0.1, 0.15) is 0 Å². The monoisotopic (exact) mass is 399 g/mol. The lowest BCUT2D eigenvalue weighted by atomic mass is 10.1. The Morgan fingerprint density at radius 1 is 1.19 bits per heavy atom. The fourth-order valence-electron chi connectivity index (χ4n) is 2.37. The maximum atomic E-state index is 13.1. The molecule has 2 amide bonds. The van der Waals surface area contributed by atoms with E-state index in [1.54, 1.807) is 24.5 Å². The fourth-order valence-corrected chi connectivity index (χ4v) is 2.54. The van der Waals surface area contributed by atoms with Crippen LogP contribution >= 0.6 is 11.6 Å². The van der Waals surface area contributed by atoms with Crippen LogP contribution in [-0.2, 0) is 22.3 Å². The van der Waals surface area contributed by atoms with Gasteiger partial charge in [-0.15, -0.1) is 0 Å². The lowest BCUT2D eigenvalue weighted by Gasteiger charge is -2.21. The first-order valence-corrected chi connectivity index (χ1v) is 8.35. The van der Waals surface area contributed by atoms with Gasteiger partial charge in [0.25, 0.3) is 0 Å². The molecule has 1 aromatic heterocycles. The van der Waals surface area contributed by atoms with Crippen molar-refractivity contribution in [3.8, 4) is 0 Å². The highest BCUT2D eigenvalue weighted by molar-refractivity contribution is 6.30. The number of nitrogens with zero attached hydrogens (tertiary/aromatic N) is 2. The third kappa shape index (κ3) is 6.25. The molecule has 1 aromatic carbocycles. The molecule has 0 saturated heterocycles. The number of aromatic nitrogens is 1. The number of pyridine rings is 1. The lowest BCUT2D eigenvalue weighted by molar-refractivity contribution is -0.137. The molecule has 2 aromatic rings. The van der Waals surface area contributed by atoms with E-state index in [1.807, 2.05) is 0 Å². The summed E-state index contributed by atoms with van der Waals surface area (Å²) in [5.74, 6) is -0.883. The molecule has 0 aliphatic heterocycles. The summed E-state index contributed by atoms with van der Waals surface area (Å²) in [6.07, 6.45) is -1.63. The summed E-state index contributed by atoms with van der Waals surface area (Å²) in [6, 6.07) is 6.58. The summed E-state index contributed by atoms with van der Waals surface area (Å²) >= 11 is 5.61. The average molecular weight is 400 g/mol. The van der Waals surface area contributed by atoms with Crippen molar-refractivity contribution in [2.45, 2.75) is 26.1 Å². The Labute approximate surface area is 159 Å². The van der Waals surface area contributed by atoms with Crippen LogP contribution in [-0.4, -0.2) is 28.2 Å². The molecule has 0 spiro atoms. The second-order valence-electron chi connectivity index (χ2n) is 5.78. The highest BCUT2D eigenvalue weighted by Gasteiger charge is 2.34. The van der Waals surface area contributed by atoms with Crippen molar-refractivity contribution in [3.63, 3.8) is 0 Å². The molecule has 1 heterocycles. The van der Waals surface area contributed by atoms with Gasteiger partial charge in [-0.05, 0) is 35.9 Å². The zero-order chi connectivity index (χ0) is 20.0. The van der Waals surface area contributed by atoms with E-state index in [4.69, 9.17) is 11.6 Å². The fraction of sp³-hybridized carbons (Fsp3) is 0.278. The van der Waals surface area contributed by atoms with Crippen molar-refractivity contribution in [2.24, 2.45) is 0 Å². The number of anilines is 1. The summed E-state index contributed by atoms with van der Waals surface area (Å²) < 4.78 is 39.2. The summed E-state index contributed by atoms with van der Waals surface area (Å²) in [7, 11) is 0. The maximum absolute atomic E-state index is 13.1. The van der Waals surface area contributed by atoms with E-state index in [9.17, 15) is 22.8 Å². The van der Waals surface area contributed by atoms with Gasteiger partial charge in [-0.3, -0.25) is 14.6 Å². The van der Waals surface area contributed by atoms with Gasteiger partial charge < -0.3 is 10.2 Å². The lowest BCUT2D eigenvalue weighted by Crippen LogP contribution is -2.31. The highest BCUT2D eigenvalue weighted by Crippen LogP contribution is 2.36. The Kier molecular flexibility index (Phi) is 6.79. The molecular formula is C18H17ClF3N3O2. The van der Waals surface area contributed by atoms with Gasteiger partial charge in [0, 0.05) is 43.9 Å². The van der Waals surface area contributed by atoms with Gasteiger partial charge >= 0.3 is 6.18 Å². The number of hydrogen-bond acceptors (Lipinski definition) is 3. The number of carbonyl (C=O) groups excluding carboxylic acids is 2. The maximum Gasteiger partial charge on any atom is 0.418 e. The smallest absolute Gasteiger partial charge is 0.338 e. The second kappa shape index (κ2) is 8.85. The van der Waals surface area contributed by atoms with Gasteiger partial charge in [0.15, 0.2) is 0 Å². The van der Waals surface area contributed by atoms with E-state index in [0.29, 0.717) is 0 Å². The van der Waals surface area contributed by atoms with Crippen molar-refractivity contribution in [1.82, 2.24) is 9.88 Å². The number of alkyl halides is 3. The minimum atomic E-state index is -4.65. The summed E-state index contributed by atoms with van der Waals surface area (Å²) in [4.78, 5) is 29.2. The van der Waals surface area contributed by atoms with Gasteiger partial charge in [-0.2, -0.15) is 13.2 Å². The van der Waals surface area contributed by atoms with Crippen molar-refractivity contribution >= 4 is 29.1 Å². The molecule has 0 bridgehead atoms. The normalized spacial score (nSPS) is 11.1. The quantitative estimate of drug-likeness (QED) is 0.794. The van der Waals surface area contributed by atoms with Gasteiger partial charge in [0.2, 0.25) is 11.8 Å². The Morgan fingerprint density at radius 3 is 2.44 bits per heavy atom. The Morgan fingerprint density at radius 2 is 1.85 bits per heavy atom. The molecule has 0 radical (unpaired) electrons. The van der Waals surface area contributed by atoms with Crippen molar-refractivity contribution in [2.75, 3.05) is 11.9 Å². The summed E-state index contributed by atoms with van der Waals surface area (Å²) in [6.45, 7) is 1.71. The minimum Gasteiger partial charge on any atom is -0.338 e. The molecule has 5 nitrogen and oxygen atoms in total. The van der Waals surface area contributed by atoms with E-state index >= 15 is 0 Å². The minimum absolute atomic E-state index is 0.0679. The van der Waals surface area contributed by atoms with Crippen LogP contribution < -0.4 is 5.32 Å². The van der Waals surface area contributed by atoms with Crippen molar-refractivity contribution in [3.05, 3.63) is 58.9 Å². The number of carbonyl (C=O) groups is 2. The van der Waals surface area contributed by atoms with Crippen LogP contribution in [0.1, 0.15) is 24.5 Å². The molecule has 27 heavy (non-hydrogen) atoms. The predicted molar refractivity (Wildman–Crippen MR) is 95.0 cm³/mol. The topological polar surface area (TPSA) is 62.3 Å². The van der Waals surface area contributed by atoms with Gasteiger partial charge in [0.05, 0.1) is 11.3 Å². The van der Waals surface area contributed by atoms with Crippen LogP contribution in [0.5, 0.6) is 0 Å². The number of rotatable bonds is 6. The predicted octanol–water partition coefficient (Wildman–Crippen LogP) is 4.13. The largest absolute Gasteiger partial charge is 0.418 e. The Bertz CT molecular complexity index is 813. The van der Waals surface area contributed by atoms with Crippen molar-refractivity contribution < 1.29 is 22.8 Å². The van der Waals surface area contributed by atoms with Crippen molar-refractivity contribution in [1.29, 1.82) is 0 Å². The first-order valence-electron chi connectivity index (χ1n) is 7.98. The number of hydrogen-bond donors (Lipinski definition) is 1. The number of halogens is 4. The molecular weight excluding hydrogens is 383 g/mol. The molecule has 0 unspecified atom stereocenters. The zero-order valence-electron chi connectivity index (χ0n) is 14.4. The van der Waals surface area contributed by atoms with E-state index in [2.05, 4.69) is 10.3 Å². The SMILES string of the molecule is CC(=O)N(CCC(=O)Nc1ccc(Cl)cc1C(F)(F)F)Cc1ccncc1. The molecule has 0 saturated carbocycles. The Hall–Kier alpha value is -2.61. The van der Waals surface area contributed by atoms with Crippen LogP contribution in [0.15, 0.2) is 42.7 Å². The molecule has 0 atom stereocenters. The number of benzene rings is 1. The zero-order valence-corrected chi connectivity index (χ0v) is 15.1. The first kappa shape index (κ1) is 20.7. The van der Waals surface area contributed by atoms with Gasteiger partial charge in [-0.1, -0.05) is 11.6 Å². The van der Waals surface area contributed by atoms with E-state index in [0.717, 1.165) is 17.7 Å². The molecule has 0 fully saturated rings. The molecule has 0 aliphatic carbocycles. The average Bonchev–Trinajstić information content (AvgIpc) is 2.60. The number of amides is 2. The Balaban J connectivity index is 2.02. The standard InChI is InChI=1S/C18H17ClF3N3O2/c1-12(26)25(11-13-4-7-23-8-5-13)9-6-17(27)24-16-3-2-14(19)10-15(16)18(20,21)22/h2-5,7-8,10H,6,9,11H2,1H3,(H,24,27). The summed E-state index contributed by atoms with van der Waals surface area (Å²) in [5.41, 5.74) is -0.568. The van der Waals surface area contributed by atoms with Crippen LogP contribution in [0.4, 0.5) is 18.9 Å². The third-order valence-electron chi connectivity index (χ3n) is 3.74. The van der Waals surface area contributed by atoms with E-state index in [-0.39, 0.29) is 36.1 Å². The molecule has 144 valence electrons. The molecule has 0 aliphatic rings. The number of nitrogens with one attached hydrogen (secondary N) is 1. The summed E-state index contributed by atoms with van der Waals surface area (Å²) in [5, 5.41) is 2.15. The molecule has 1 N–H and O–H groups in total. The highest BCUT2D eigenvalue weighted by atomic mass is 35.5. The molecule has 9 heteroatoms. The third-order valence-corrected chi connectivity index (χ3v) is 3.97. The van der Waals surface area contributed by atoms with Gasteiger partial charge in [-0.25, -0.2) is 0 Å². The van der Waals surface area contributed by atoms with Crippen LogP contribution in [0.3, 0.4) is 0 Å². The molecule has 2 rings (SSSR count). The van der Waals surface area contributed by atoms with E-state index in [1.165, 1.54) is 17.9 Å².